The summed E-state index contributed by atoms with van der Waals surface area (Å²) in [6.45, 7) is 0. The van der Waals surface area contributed by atoms with Gasteiger partial charge in [0.15, 0.2) is 4.91 Å². The fraction of sp³-hybridized carbons (Fsp3) is 0.118. The van der Waals surface area contributed by atoms with Gasteiger partial charge < -0.3 is 14.4 Å². The molecule has 0 unspecified atom stereocenters. The molecule has 0 amide bonds. The van der Waals surface area contributed by atoms with E-state index >= 15 is 0 Å². The van der Waals surface area contributed by atoms with E-state index in [0.29, 0.717) is 11.4 Å². The highest BCUT2D eigenvalue weighted by Crippen LogP contribution is 2.41. The summed E-state index contributed by atoms with van der Waals surface area (Å²) in [4.78, 5) is 12.6. The molecule has 0 saturated heterocycles. The van der Waals surface area contributed by atoms with Crippen molar-refractivity contribution in [1.29, 1.82) is 0 Å². The molecular weight excluding hydrogens is 385 g/mol. The Morgan fingerprint density at radius 2 is 1.88 bits per heavy atom. The van der Waals surface area contributed by atoms with E-state index in [2.05, 4.69) is 4.74 Å². The van der Waals surface area contributed by atoms with Gasteiger partial charge in [-0.25, -0.2) is 17.6 Å². The number of esters is 1. The van der Waals surface area contributed by atoms with E-state index < -0.39 is 26.5 Å². The van der Waals surface area contributed by atoms with Crippen LogP contribution in [0.1, 0.15) is 0 Å². The van der Waals surface area contributed by atoms with E-state index in [4.69, 9.17) is 16.3 Å². The van der Waals surface area contributed by atoms with Crippen LogP contribution in [-0.4, -0.2) is 28.6 Å². The lowest BCUT2D eigenvalue weighted by Crippen LogP contribution is -2.26. The van der Waals surface area contributed by atoms with Crippen molar-refractivity contribution in [2.45, 2.75) is 4.90 Å². The van der Waals surface area contributed by atoms with E-state index in [1.807, 2.05) is 0 Å². The predicted octanol–water partition coefficient (Wildman–Crippen LogP) is 3.43. The van der Waals surface area contributed by atoms with Gasteiger partial charge in [0.1, 0.15) is 11.6 Å². The molecule has 0 aromatic heterocycles. The topological polar surface area (TPSA) is 72.9 Å². The number of nitrogens with zero attached hydrogens (tertiary/aromatic N) is 1. The van der Waals surface area contributed by atoms with Gasteiger partial charge >= 0.3 is 5.97 Å². The molecule has 0 N–H and O–H groups in total. The van der Waals surface area contributed by atoms with Crippen molar-refractivity contribution in [3.8, 4) is 5.75 Å². The van der Waals surface area contributed by atoms with Crippen LogP contribution in [0, 0.1) is 5.82 Å². The monoisotopic (exact) mass is 397 g/mol. The molecule has 0 fully saturated rings. The molecule has 2 aromatic rings. The molecule has 26 heavy (non-hydrogen) atoms. The first-order valence-electron chi connectivity index (χ1n) is 7.27. The summed E-state index contributed by atoms with van der Waals surface area (Å²) < 4.78 is 48.8. The minimum atomic E-state index is -4.15. The van der Waals surface area contributed by atoms with E-state index in [0.717, 1.165) is 31.5 Å². The van der Waals surface area contributed by atoms with Crippen LogP contribution in [-0.2, 0) is 19.4 Å². The number of ether oxygens (including phenoxy) is 2. The second-order valence-corrected chi connectivity index (χ2v) is 7.58. The van der Waals surface area contributed by atoms with Gasteiger partial charge in [0, 0.05) is 11.9 Å². The van der Waals surface area contributed by atoms with Crippen LogP contribution < -0.4 is 9.64 Å². The Kier molecular flexibility index (Phi) is 4.64. The molecule has 0 aliphatic carbocycles. The SMILES string of the molecule is COC(=O)C1=CN(c2ccc(OC)c(Cl)c2)c2cc(F)ccc2S1(=O)=O. The average molecular weight is 398 g/mol. The zero-order chi connectivity index (χ0) is 19.1. The second kappa shape index (κ2) is 6.62. The van der Waals surface area contributed by atoms with Gasteiger partial charge in [-0.05, 0) is 36.4 Å². The fourth-order valence-electron chi connectivity index (χ4n) is 2.56. The summed E-state index contributed by atoms with van der Waals surface area (Å²) in [7, 11) is -1.62. The van der Waals surface area contributed by atoms with Gasteiger partial charge in [0.2, 0.25) is 9.84 Å². The van der Waals surface area contributed by atoms with Crippen LogP contribution >= 0.6 is 11.6 Å². The van der Waals surface area contributed by atoms with E-state index in [1.54, 1.807) is 12.1 Å². The van der Waals surface area contributed by atoms with Gasteiger partial charge in [-0.15, -0.1) is 0 Å². The first-order valence-corrected chi connectivity index (χ1v) is 9.13. The number of halogens is 2. The number of benzene rings is 2. The van der Waals surface area contributed by atoms with Crippen molar-refractivity contribution in [1.82, 2.24) is 0 Å². The highest BCUT2D eigenvalue weighted by molar-refractivity contribution is 7.96. The molecule has 0 bridgehead atoms. The van der Waals surface area contributed by atoms with Crippen LogP contribution in [0.4, 0.5) is 15.8 Å². The standard InChI is InChI=1S/C17H13ClFNO5S/c1-24-14-5-4-11(8-12(14)18)20-9-16(17(21)25-2)26(22,23)15-6-3-10(19)7-13(15)20/h3-9H,1-2H3. The van der Waals surface area contributed by atoms with Crippen LogP contribution in [0.2, 0.25) is 5.02 Å². The molecule has 0 saturated carbocycles. The van der Waals surface area contributed by atoms with E-state index in [9.17, 15) is 17.6 Å². The third kappa shape index (κ3) is 2.91. The van der Waals surface area contributed by atoms with Crippen LogP contribution in [0.15, 0.2) is 52.4 Å². The molecule has 0 radical (unpaired) electrons. The molecule has 136 valence electrons. The Morgan fingerprint density at radius 1 is 1.15 bits per heavy atom. The molecule has 2 aromatic carbocycles. The lowest BCUT2D eigenvalue weighted by molar-refractivity contribution is -0.135. The summed E-state index contributed by atoms with van der Waals surface area (Å²) in [6.07, 6.45) is 1.08. The third-order valence-electron chi connectivity index (χ3n) is 3.81. The zero-order valence-corrected chi connectivity index (χ0v) is 15.3. The zero-order valence-electron chi connectivity index (χ0n) is 13.7. The molecule has 9 heteroatoms. The van der Waals surface area contributed by atoms with Crippen LogP contribution in [0.25, 0.3) is 0 Å². The summed E-state index contributed by atoms with van der Waals surface area (Å²) >= 11 is 6.13. The predicted molar refractivity (Wildman–Crippen MR) is 93.8 cm³/mol. The number of sulfone groups is 1. The largest absolute Gasteiger partial charge is 0.495 e. The maximum absolute atomic E-state index is 13.8. The Hall–Kier alpha value is -2.58. The van der Waals surface area contributed by atoms with E-state index in [1.165, 1.54) is 18.1 Å². The minimum Gasteiger partial charge on any atom is -0.495 e. The summed E-state index contributed by atoms with van der Waals surface area (Å²) in [5.41, 5.74) is 0.470. The molecule has 1 aliphatic heterocycles. The molecule has 6 nitrogen and oxygen atoms in total. The number of rotatable bonds is 3. The number of hydrogen-bond donors (Lipinski definition) is 0. The molecule has 1 heterocycles. The molecule has 0 spiro atoms. The number of fused-ring (bicyclic) bond motifs is 1. The first-order chi connectivity index (χ1) is 12.3. The minimum absolute atomic E-state index is 0.0545. The lowest BCUT2D eigenvalue weighted by atomic mass is 10.2. The van der Waals surface area contributed by atoms with Crippen molar-refractivity contribution >= 4 is 38.8 Å². The molecule has 1 aliphatic rings. The molecule has 0 atom stereocenters. The van der Waals surface area contributed by atoms with Crippen molar-refractivity contribution in [3.05, 3.63) is 58.3 Å². The number of carbonyl (C=O) groups is 1. The van der Waals surface area contributed by atoms with Crippen molar-refractivity contribution in [3.63, 3.8) is 0 Å². The quantitative estimate of drug-likeness (QED) is 0.583. The van der Waals surface area contributed by atoms with Gasteiger partial charge in [-0.1, -0.05) is 11.6 Å². The maximum Gasteiger partial charge on any atom is 0.351 e. The van der Waals surface area contributed by atoms with Crippen LogP contribution in [0.5, 0.6) is 5.75 Å². The Labute approximate surface area is 154 Å². The fourth-order valence-corrected chi connectivity index (χ4v) is 4.28. The molecular formula is C17H13ClFNO5S. The van der Waals surface area contributed by atoms with Gasteiger partial charge in [-0.3, -0.25) is 0 Å². The molecule has 3 rings (SSSR count). The number of methoxy groups -OCH3 is 2. The normalized spacial score (nSPS) is 15.1. The number of carbonyl (C=O) groups excluding carboxylic acids is 1. The van der Waals surface area contributed by atoms with E-state index in [-0.39, 0.29) is 15.6 Å². The first kappa shape index (κ1) is 18.2. The van der Waals surface area contributed by atoms with Crippen LogP contribution in [0.3, 0.4) is 0 Å². The van der Waals surface area contributed by atoms with Gasteiger partial charge in [0.05, 0.1) is 29.8 Å². The Morgan fingerprint density at radius 3 is 2.50 bits per heavy atom. The van der Waals surface area contributed by atoms with Gasteiger partial charge in [0.25, 0.3) is 0 Å². The lowest BCUT2D eigenvalue weighted by Gasteiger charge is -2.28. The maximum atomic E-state index is 13.8. The van der Waals surface area contributed by atoms with Crippen molar-refractivity contribution in [2.75, 3.05) is 19.1 Å². The van der Waals surface area contributed by atoms with Crippen molar-refractivity contribution in [2.24, 2.45) is 0 Å². The third-order valence-corrected chi connectivity index (χ3v) is 5.88. The van der Waals surface area contributed by atoms with Crippen molar-refractivity contribution < 1.29 is 27.1 Å². The smallest absolute Gasteiger partial charge is 0.351 e. The second-order valence-electron chi connectivity index (χ2n) is 5.29. The number of hydrogen-bond acceptors (Lipinski definition) is 6. The highest BCUT2D eigenvalue weighted by atomic mass is 35.5. The summed E-state index contributed by atoms with van der Waals surface area (Å²) in [5, 5.41) is 0.268. The van der Waals surface area contributed by atoms with Gasteiger partial charge in [-0.2, -0.15) is 0 Å². The summed E-state index contributed by atoms with van der Waals surface area (Å²) in [6, 6.07) is 7.87. The Balaban J connectivity index is 2.27. The summed E-state index contributed by atoms with van der Waals surface area (Å²) in [5.74, 6) is -1.24. The average Bonchev–Trinajstić information content (AvgIpc) is 2.61. The Bertz CT molecular complexity index is 1040. The number of anilines is 2. The highest BCUT2D eigenvalue weighted by Gasteiger charge is 2.36.